The Labute approximate surface area is 88.4 Å². The quantitative estimate of drug-likeness (QED) is 0.489. The van der Waals surface area contributed by atoms with Crippen LogP contribution in [0, 0.1) is 0 Å². The molecule has 0 saturated heterocycles. The summed E-state index contributed by atoms with van der Waals surface area (Å²) in [5.74, 6) is 0. The fraction of sp³-hybridized carbons (Fsp3) is 0. The van der Waals surface area contributed by atoms with Crippen LogP contribution in [0.4, 0.5) is 5.69 Å². The van der Waals surface area contributed by atoms with Crippen LogP contribution in [-0.2, 0) is 0 Å². The molecule has 0 spiro atoms. The molecule has 0 unspecified atom stereocenters. The van der Waals surface area contributed by atoms with Gasteiger partial charge in [-0.2, -0.15) is 0 Å². The van der Waals surface area contributed by atoms with Crippen LogP contribution in [0.15, 0.2) is 45.3 Å². The fourth-order valence-electron chi connectivity index (χ4n) is 0.923. The Hall–Kier alpha value is -0.817. The Morgan fingerprint density at radius 1 is 1.23 bits per heavy atom. The number of allylic oxidation sites excluding steroid dienone is 1. The van der Waals surface area contributed by atoms with Crippen LogP contribution < -0.4 is 5.43 Å². The van der Waals surface area contributed by atoms with Gasteiger partial charge >= 0.3 is 88.6 Å². The van der Waals surface area contributed by atoms with E-state index in [9.17, 15) is 0 Å². The summed E-state index contributed by atoms with van der Waals surface area (Å²) < 4.78 is 3.74. The second-order valence-electron chi connectivity index (χ2n) is 2.61. The molecule has 1 N–H and O–H groups in total. The van der Waals surface area contributed by atoms with Crippen molar-refractivity contribution < 1.29 is 0 Å². The number of benzene rings is 1. The van der Waals surface area contributed by atoms with Crippen LogP contribution in [0.2, 0.25) is 0 Å². The molecule has 0 radical (unpaired) electrons. The second-order valence-corrected chi connectivity index (χ2v) is 6.78. The van der Waals surface area contributed by atoms with Gasteiger partial charge in [0.1, 0.15) is 0 Å². The molecular formula is C10H9BiN2. The number of nitrogens with one attached hydrogen (secondary N) is 1. The Balaban J connectivity index is 1.89. The first-order valence-corrected chi connectivity index (χ1v) is 7.78. The predicted octanol–water partition coefficient (Wildman–Crippen LogP) is 1.49. The first-order chi connectivity index (χ1) is 6.45. The minimum atomic E-state index is -0.357. The average molecular weight is 366 g/mol. The summed E-state index contributed by atoms with van der Waals surface area (Å²) in [5, 5.41) is 4.15. The average Bonchev–Trinajstić information content (AvgIpc) is 2.11. The van der Waals surface area contributed by atoms with Crippen molar-refractivity contribution in [1.29, 1.82) is 0 Å². The molecule has 1 heterocycles. The van der Waals surface area contributed by atoms with Crippen LogP contribution in [0.25, 0.3) is 0 Å². The van der Waals surface area contributed by atoms with Gasteiger partial charge in [0, 0.05) is 0 Å². The zero-order valence-corrected chi connectivity index (χ0v) is 10.5. The van der Waals surface area contributed by atoms with Gasteiger partial charge in [-0.3, -0.25) is 0 Å². The summed E-state index contributed by atoms with van der Waals surface area (Å²) in [6.45, 7) is 0. The van der Waals surface area contributed by atoms with E-state index in [4.69, 9.17) is 0 Å². The maximum atomic E-state index is 4.15. The number of para-hydroxylation sites is 1. The van der Waals surface area contributed by atoms with Crippen molar-refractivity contribution in [1.82, 2.24) is 0 Å². The Bertz CT molecular complexity index is 366. The van der Waals surface area contributed by atoms with Crippen molar-refractivity contribution in [2.75, 3.05) is 5.43 Å². The van der Waals surface area contributed by atoms with Crippen molar-refractivity contribution in [2.45, 2.75) is 0 Å². The van der Waals surface area contributed by atoms with E-state index in [0.717, 1.165) is 5.69 Å². The van der Waals surface area contributed by atoms with E-state index in [0.29, 0.717) is 0 Å². The predicted molar refractivity (Wildman–Crippen MR) is 58.5 cm³/mol. The SMILES string of the molecule is [CH]1=C[C](C=NNc2ccccc2)=[Bi]1. The maximum absolute atomic E-state index is 4.15. The van der Waals surface area contributed by atoms with E-state index in [2.05, 4.69) is 20.4 Å². The zero-order chi connectivity index (χ0) is 8.93. The van der Waals surface area contributed by atoms with Gasteiger partial charge in [0.25, 0.3) is 0 Å². The third kappa shape index (κ3) is 2.56. The van der Waals surface area contributed by atoms with Crippen LogP contribution in [0.5, 0.6) is 0 Å². The fourth-order valence-corrected chi connectivity index (χ4v) is 2.65. The van der Waals surface area contributed by atoms with E-state index in [1.807, 2.05) is 36.5 Å². The molecule has 64 valence electrons. The molecule has 0 bridgehead atoms. The van der Waals surface area contributed by atoms with E-state index in [-0.39, 0.29) is 22.8 Å². The first kappa shape index (κ1) is 8.77. The van der Waals surface area contributed by atoms with Crippen LogP contribution >= 0.6 is 0 Å². The molecule has 3 heteroatoms. The summed E-state index contributed by atoms with van der Waals surface area (Å²) in [4.78, 5) is 0. The molecule has 2 rings (SSSR count). The van der Waals surface area contributed by atoms with Gasteiger partial charge in [0.15, 0.2) is 0 Å². The van der Waals surface area contributed by atoms with Gasteiger partial charge in [-0.1, -0.05) is 0 Å². The number of hydrogen-bond donors (Lipinski definition) is 1. The summed E-state index contributed by atoms with van der Waals surface area (Å²) >= 11 is -0.357. The molecule has 13 heavy (non-hydrogen) atoms. The molecule has 2 nitrogen and oxygen atoms in total. The Kier molecular flexibility index (Phi) is 2.99. The van der Waals surface area contributed by atoms with Crippen LogP contribution in [0.1, 0.15) is 0 Å². The van der Waals surface area contributed by atoms with Crippen molar-refractivity contribution in [2.24, 2.45) is 5.10 Å². The topological polar surface area (TPSA) is 24.4 Å². The number of hydrogen-bond acceptors (Lipinski definition) is 2. The molecule has 0 amide bonds. The van der Waals surface area contributed by atoms with Crippen molar-refractivity contribution in [3.05, 3.63) is 40.2 Å². The summed E-state index contributed by atoms with van der Waals surface area (Å²) in [6.07, 6.45) is 4.08. The van der Waals surface area contributed by atoms with Gasteiger partial charge < -0.3 is 0 Å². The third-order valence-electron chi connectivity index (χ3n) is 1.63. The molecule has 0 aromatic heterocycles. The first-order valence-electron chi connectivity index (χ1n) is 4.03. The molecule has 1 aliphatic rings. The van der Waals surface area contributed by atoms with Crippen molar-refractivity contribution >= 4 is 37.9 Å². The second kappa shape index (κ2) is 4.43. The number of nitrogens with zero attached hydrogens (tertiary/aromatic N) is 1. The van der Waals surface area contributed by atoms with Gasteiger partial charge in [-0.25, -0.2) is 0 Å². The number of anilines is 1. The molecule has 0 atom stereocenters. The summed E-state index contributed by atoms with van der Waals surface area (Å²) in [6, 6.07) is 9.98. The van der Waals surface area contributed by atoms with E-state index in [1.54, 1.807) is 0 Å². The molecule has 0 fully saturated rings. The van der Waals surface area contributed by atoms with Gasteiger partial charge in [0.2, 0.25) is 0 Å². The Morgan fingerprint density at radius 3 is 2.62 bits per heavy atom. The van der Waals surface area contributed by atoms with E-state index < -0.39 is 0 Å². The molecule has 0 aliphatic carbocycles. The Morgan fingerprint density at radius 2 is 2.00 bits per heavy atom. The third-order valence-corrected chi connectivity index (χ3v) is 4.98. The summed E-state index contributed by atoms with van der Waals surface area (Å²) in [7, 11) is 0. The normalized spacial score (nSPS) is 14.0. The van der Waals surface area contributed by atoms with E-state index in [1.165, 1.54) is 3.21 Å². The monoisotopic (exact) mass is 366 g/mol. The molecular weight excluding hydrogens is 357 g/mol. The van der Waals surface area contributed by atoms with Gasteiger partial charge in [-0.05, 0) is 0 Å². The van der Waals surface area contributed by atoms with Crippen LogP contribution in [0.3, 0.4) is 0 Å². The minimum absolute atomic E-state index is 0.357. The molecule has 1 aromatic rings. The van der Waals surface area contributed by atoms with Crippen molar-refractivity contribution in [3.8, 4) is 0 Å². The van der Waals surface area contributed by atoms with E-state index >= 15 is 0 Å². The molecule has 1 aromatic carbocycles. The molecule has 0 saturated carbocycles. The van der Waals surface area contributed by atoms with Crippen LogP contribution in [-0.4, -0.2) is 32.2 Å². The zero-order valence-electron chi connectivity index (χ0n) is 7.01. The van der Waals surface area contributed by atoms with Crippen molar-refractivity contribution in [3.63, 3.8) is 0 Å². The molecule has 1 aliphatic heterocycles. The number of hydrazone groups is 1. The standard InChI is InChI=1S/C10H9N2.Bi/c1-2-3-9-11-12-10-7-5-4-6-8-10;/h1-2,4-9,12H;. The van der Waals surface area contributed by atoms with Gasteiger partial charge in [-0.15, -0.1) is 0 Å². The summed E-state index contributed by atoms with van der Waals surface area (Å²) in [5.41, 5.74) is 4.02. The van der Waals surface area contributed by atoms with Gasteiger partial charge in [0.05, 0.1) is 0 Å². The number of rotatable bonds is 3.